The Balaban J connectivity index is 1.44. The van der Waals surface area contributed by atoms with Crippen LogP contribution < -0.4 is 9.64 Å². The van der Waals surface area contributed by atoms with Crippen molar-refractivity contribution in [1.82, 2.24) is 0 Å². The van der Waals surface area contributed by atoms with E-state index in [1.165, 1.54) is 0 Å². The molecule has 1 amide bonds. The summed E-state index contributed by atoms with van der Waals surface area (Å²) in [5, 5.41) is 2.28. The first kappa shape index (κ1) is 17.6. The molecule has 4 nitrogen and oxygen atoms in total. The fourth-order valence-corrected chi connectivity index (χ4v) is 3.35. The van der Waals surface area contributed by atoms with E-state index in [0.29, 0.717) is 12.2 Å². The van der Waals surface area contributed by atoms with E-state index in [4.69, 9.17) is 9.47 Å². The molecule has 3 aromatic carbocycles. The van der Waals surface area contributed by atoms with Gasteiger partial charge in [0, 0.05) is 24.9 Å². The van der Waals surface area contributed by atoms with Crippen molar-refractivity contribution in [2.45, 2.75) is 18.9 Å². The van der Waals surface area contributed by atoms with Gasteiger partial charge < -0.3 is 14.4 Å². The third-order valence-corrected chi connectivity index (χ3v) is 4.99. The number of benzene rings is 3. The van der Waals surface area contributed by atoms with E-state index >= 15 is 0 Å². The van der Waals surface area contributed by atoms with Crippen LogP contribution in [0.2, 0.25) is 0 Å². The van der Waals surface area contributed by atoms with Gasteiger partial charge in [-0.2, -0.15) is 0 Å². The predicted octanol–water partition coefficient (Wildman–Crippen LogP) is 4.67. The Kier molecular flexibility index (Phi) is 5.07. The third-order valence-electron chi connectivity index (χ3n) is 4.99. The van der Waals surface area contributed by atoms with Crippen molar-refractivity contribution in [2.24, 2.45) is 0 Å². The van der Waals surface area contributed by atoms with E-state index in [9.17, 15) is 4.79 Å². The molecule has 1 unspecified atom stereocenters. The van der Waals surface area contributed by atoms with E-state index in [1.807, 2.05) is 54.6 Å². The highest BCUT2D eigenvalue weighted by atomic mass is 16.5. The summed E-state index contributed by atoms with van der Waals surface area (Å²) in [5.41, 5.74) is 1.51. The second kappa shape index (κ2) is 7.80. The van der Waals surface area contributed by atoms with Crippen molar-refractivity contribution < 1.29 is 14.3 Å². The molecule has 4 heteroatoms. The van der Waals surface area contributed by atoms with Crippen LogP contribution in [-0.2, 0) is 4.74 Å². The van der Waals surface area contributed by atoms with Gasteiger partial charge in [-0.25, -0.2) is 0 Å². The lowest BCUT2D eigenvalue weighted by molar-refractivity contribution is 0.0679. The Hall–Kier alpha value is -2.85. The van der Waals surface area contributed by atoms with E-state index in [-0.39, 0.29) is 12.0 Å². The monoisotopic (exact) mass is 361 g/mol. The molecule has 1 atom stereocenters. The topological polar surface area (TPSA) is 38.8 Å². The molecule has 0 aromatic heterocycles. The van der Waals surface area contributed by atoms with Gasteiger partial charge in [-0.3, -0.25) is 4.79 Å². The molecule has 0 radical (unpaired) electrons. The van der Waals surface area contributed by atoms with Gasteiger partial charge in [0.25, 0.3) is 5.91 Å². The fourth-order valence-electron chi connectivity index (χ4n) is 3.35. The van der Waals surface area contributed by atoms with E-state index in [2.05, 4.69) is 12.1 Å². The lowest BCUT2D eigenvalue weighted by Gasteiger charge is -2.18. The first-order valence-corrected chi connectivity index (χ1v) is 9.32. The summed E-state index contributed by atoms with van der Waals surface area (Å²) in [5.74, 6) is 0.714. The van der Waals surface area contributed by atoms with Gasteiger partial charge in [0.1, 0.15) is 12.4 Å². The van der Waals surface area contributed by atoms with Gasteiger partial charge >= 0.3 is 0 Å². The van der Waals surface area contributed by atoms with E-state index < -0.39 is 0 Å². The predicted molar refractivity (Wildman–Crippen MR) is 108 cm³/mol. The number of carbonyl (C=O) groups is 1. The SMILES string of the molecule is CN(C(=O)c1ccc(OCC2CCCO2)cc1)c1ccc2ccccc2c1. The van der Waals surface area contributed by atoms with Crippen LogP contribution in [0.3, 0.4) is 0 Å². The number of amides is 1. The normalized spacial score (nSPS) is 16.4. The van der Waals surface area contributed by atoms with Crippen LogP contribution in [-0.4, -0.2) is 32.3 Å². The van der Waals surface area contributed by atoms with Crippen LogP contribution >= 0.6 is 0 Å². The summed E-state index contributed by atoms with van der Waals surface area (Å²) in [4.78, 5) is 14.5. The summed E-state index contributed by atoms with van der Waals surface area (Å²) < 4.78 is 11.3. The number of hydrogen-bond acceptors (Lipinski definition) is 3. The Morgan fingerprint density at radius 1 is 1.07 bits per heavy atom. The molecule has 3 aromatic rings. The molecule has 27 heavy (non-hydrogen) atoms. The van der Waals surface area contributed by atoms with Crippen LogP contribution in [0.5, 0.6) is 5.75 Å². The zero-order valence-electron chi connectivity index (χ0n) is 15.4. The van der Waals surface area contributed by atoms with Crippen LogP contribution in [0, 0.1) is 0 Å². The van der Waals surface area contributed by atoms with Crippen molar-refractivity contribution in [1.29, 1.82) is 0 Å². The Morgan fingerprint density at radius 3 is 2.59 bits per heavy atom. The molecule has 1 aliphatic rings. The van der Waals surface area contributed by atoms with Crippen molar-refractivity contribution in [2.75, 3.05) is 25.2 Å². The zero-order valence-corrected chi connectivity index (χ0v) is 15.4. The highest BCUT2D eigenvalue weighted by Gasteiger charge is 2.17. The van der Waals surface area contributed by atoms with Gasteiger partial charge in [-0.05, 0) is 60.0 Å². The smallest absolute Gasteiger partial charge is 0.258 e. The van der Waals surface area contributed by atoms with Gasteiger partial charge in [0.05, 0.1) is 6.10 Å². The maximum atomic E-state index is 12.8. The number of hydrogen-bond donors (Lipinski definition) is 0. The minimum Gasteiger partial charge on any atom is -0.491 e. The lowest BCUT2D eigenvalue weighted by atomic mass is 10.1. The molecule has 1 heterocycles. The van der Waals surface area contributed by atoms with Crippen molar-refractivity contribution in [3.63, 3.8) is 0 Å². The molecule has 1 fully saturated rings. The van der Waals surface area contributed by atoms with Gasteiger partial charge in [0.15, 0.2) is 0 Å². The minimum absolute atomic E-state index is 0.0454. The van der Waals surface area contributed by atoms with Crippen LogP contribution in [0.1, 0.15) is 23.2 Å². The van der Waals surface area contributed by atoms with Crippen LogP contribution in [0.25, 0.3) is 10.8 Å². The van der Waals surface area contributed by atoms with E-state index in [0.717, 1.165) is 41.7 Å². The number of rotatable bonds is 5. The molecule has 0 saturated carbocycles. The summed E-state index contributed by atoms with van der Waals surface area (Å²) in [6, 6.07) is 21.5. The Labute approximate surface area is 159 Å². The first-order valence-electron chi connectivity index (χ1n) is 9.32. The van der Waals surface area contributed by atoms with Gasteiger partial charge in [-0.15, -0.1) is 0 Å². The van der Waals surface area contributed by atoms with E-state index in [1.54, 1.807) is 11.9 Å². The molecule has 0 N–H and O–H groups in total. The molecule has 138 valence electrons. The van der Waals surface area contributed by atoms with Gasteiger partial charge in [-0.1, -0.05) is 30.3 Å². The maximum absolute atomic E-state index is 12.8. The Bertz CT molecular complexity index is 930. The molecule has 4 rings (SSSR count). The third kappa shape index (κ3) is 3.96. The average Bonchev–Trinajstić information content (AvgIpc) is 3.25. The summed E-state index contributed by atoms with van der Waals surface area (Å²) in [7, 11) is 1.80. The minimum atomic E-state index is -0.0454. The average molecular weight is 361 g/mol. The fraction of sp³-hybridized carbons (Fsp3) is 0.261. The van der Waals surface area contributed by atoms with Crippen molar-refractivity contribution >= 4 is 22.4 Å². The highest BCUT2D eigenvalue weighted by Crippen LogP contribution is 2.23. The standard InChI is InChI=1S/C23H23NO3/c1-24(20-11-8-17-5-2-3-6-19(17)15-20)23(25)18-9-12-21(13-10-18)27-16-22-7-4-14-26-22/h2-3,5-6,8-13,15,22H,4,7,14,16H2,1H3. The highest BCUT2D eigenvalue weighted by molar-refractivity contribution is 6.06. The summed E-state index contributed by atoms with van der Waals surface area (Å²) in [6.45, 7) is 1.38. The van der Waals surface area contributed by atoms with Crippen LogP contribution in [0.4, 0.5) is 5.69 Å². The molecule has 0 aliphatic carbocycles. The van der Waals surface area contributed by atoms with Crippen LogP contribution in [0.15, 0.2) is 66.7 Å². The van der Waals surface area contributed by atoms with Gasteiger partial charge in [0.2, 0.25) is 0 Å². The number of fused-ring (bicyclic) bond motifs is 1. The molecule has 0 bridgehead atoms. The number of anilines is 1. The first-order chi connectivity index (χ1) is 13.2. The second-order valence-electron chi connectivity index (χ2n) is 6.87. The maximum Gasteiger partial charge on any atom is 0.258 e. The number of nitrogens with zero attached hydrogens (tertiary/aromatic N) is 1. The summed E-state index contributed by atoms with van der Waals surface area (Å²) >= 11 is 0. The largest absolute Gasteiger partial charge is 0.491 e. The molecular formula is C23H23NO3. The molecule has 1 saturated heterocycles. The molecular weight excluding hydrogens is 338 g/mol. The molecule has 1 aliphatic heterocycles. The lowest BCUT2D eigenvalue weighted by Crippen LogP contribution is -2.26. The zero-order chi connectivity index (χ0) is 18.6. The number of ether oxygens (including phenoxy) is 2. The summed E-state index contributed by atoms with van der Waals surface area (Å²) in [6.07, 6.45) is 2.33. The van der Waals surface area contributed by atoms with Crippen molar-refractivity contribution in [3.8, 4) is 5.75 Å². The number of carbonyl (C=O) groups excluding carboxylic acids is 1. The quantitative estimate of drug-likeness (QED) is 0.663. The Morgan fingerprint density at radius 2 is 1.85 bits per heavy atom. The molecule has 0 spiro atoms. The second-order valence-corrected chi connectivity index (χ2v) is 6.87. The van der Waals surface area contributed by atoms with Crippen molar-refractivity contribution in [3.05, 3.63) is 72.3 Å².